The van der Waals surface area contributed by atoms with Gasteiger partial charge in [-0.2, -0.15) is 0 Å². The van der Waals surface area contributed by atoms with E-state index in [0.29, 0.717) is 18.7 Å². The highest BCUT2D eigenvalue weighted by Gasteiger charge is 2.15. The van der Waals surface area contributed by atoms with Gasteiger partial charge in [-0.15, -0.1) is 0 Å². The molecule has 122 valence electrons. The average Bonchev–Trinajstić information content (AvgIpc) is 2.55. The van der Waals surface area contributed by atoms with Crippen LogP contribution in [0.1, 0.15) is 23.7 Å². The number of carbonyl (C=O) groups excluding carboxylic acids is 1. The molecule has 5 nitrogen and oxygen atoms in total. The van der Waals surface area contributed by atoms with Crippen LogP contribution in [-0.4, -0.2) is 20.9 Å². The standard InChI is InChI=1S/C16H17FN2O3S/c1-2-10-18-23(21,22)15-5-3-4-12(11-15)16(20)19-14-8-6-13(17)7-9-14/h3-9,11,18H,2,10H2,1H3,(H,19,20). The van der Waals surface area contributed by atoms with Crippen LogP contribution < -0.4 is 10.0 Å². The molecule has 0 aliphatic rings. The molecule has 1 amide bonds. The summed E-state index contributed by atoms with van der Waals surface area (Å²) in [5.41, 5.74) is 0.627. The van der Waals surface area contributed by atoms with Crippen LogP contribution in [0, 0.1) is 5.82 Å². The summed E-state index contributed by atoms with van der Waals surface area (Å²) in [6, 6.07) is 11.0. The van der Waals surface area contributed by atoms with Crippen LogP contribution in [0.3, 0.4) is 0 Å². The fourth-order valence-electron chi connectivity index (χ4n) is 1.86. The number of benzene rings is 2. The molecule has 7 heteroatoms. The lowest BCUT2D eigenvalue weighted by Crippen LogP contribution is -2.24. The van der Waals surface area contributed by atoms with E-state index in [0.717, 1.165) is 0 Å². The topological polar surface area (TPSA) is 75.3 Å². The van der Waals surface area contributed by atoms with E-state index in [4.69, 9.17) is 0 Å². The minimum atomic E-state index is -3.64. The Morgan fingerprint density at radius 3 is 2.48 bits per heavy atom. The summed E-state index contributed by atoms with van der Waals surface area (Å²) in [6.45, 7) is 2.18. The second-order valence-corrected chi connectivity index (χ2v) is 6.65. The van der Waals surface area contributed by atoms with Gasteiger partial charge >= 0.3 is 0 Å². The molecule has 0 saturated heterocycles. The molecule has 2 rings (SSSR count). The highest BCUT2D eigenvalue weighted by atomic mass is 32.2. The van der Waals surface area contributed by atoms with Gasteiger partial charge in [0.25, 0.3) is 5.91 Å². The first-order valence-electron chi connectivity index (χ1n) is 7.09. The molecule has 0 aromatic heterocycles. The maximum Gasteiger partial charge on any atom is 0.255 e. The van der Waals surface area contributed by atoms with Crippen molar-refractivity contribution in [2.75, 3.05) is 11.9 Å². The van der Waals surface area contributed by atoms with E-state index in [9.17, 15) is 17.6 Å². The van der Waals surface area contributed by atoms with Gasteiger partial charge in [0.05, 0.1) is 4.90 Å². The third-order valence-electron chi connectivity index (χ3n) is 3.05. The highest BCUT2D eigenvalue weighted by molar-refractivity contribution is 7.89. The van der Waals surface area contributed by atoms with Crippen LogP contribution in [-0.2, 0) is 10.0 Å². The Hall–Kier alpha value is -2.25. The van der Waals surface area contributed by atoms with Gasteiger partial charge in [0.2, 0.25) is 10.0 Å². The lowest BCUT2D eigenvalue weighted by molar-refractivity contribution is 0.102. The minimum absolute atomic E-state index is 0.0257. The fraction of sp³-hybridized carbons (Fsp3) is 0.188. The van der Waals surface area contributed by atoms with E-state index in [2.05, 4.69) is 10.0 Å². The van der Waals surface area contributed by atoms with Gasteiger partial charge in [0.1, 0.15) is 5.82 Å². The predicted molar refractivity (Wildman–Crippen MR) is 86.3 cm³/mol. The molecule has 0 bridgehead atoms. The summed E-state index contributed by atoms with van der Waals surface area (Å²) in [6.07, 6.45) is 0.671. The van der Waals surface area contributed by atoms with Crippen LogP contribution in [0.2, 0.25) is 0 Å². The summed E-state index contributed by atoms with van der Waals surface area (Å²) in [5, 5.41) is 2.59. The third-order valence-corrected chi connectivity index (χ3v) is 4.51. The van der Waals surface area contributed by atoms with Crippen LogP contribution in [0.4, 0.5) is 10.1 Å². The summed E-state index contributed by atoms with van der Waals surface area (Å²) in [7, 11) is -3.64. The molecular formula is C16H17FN2O3S. The summed E-state index contributed by atoms with van der Waals surface area (Å²) >= 11 is 0. The van der Waals surface area contributed by atoms with E-state index in [1.54, 1.807) is 0 Å². The van der Waals surface area contributed by atoms with Crippen molar-refractivity contribution in [3.63, 3.8) is 0 Å². The van der Waals surface area contributed by atoms with Gasteiger partial charge in [0, 0.05) is 17.8 Å². The Morgan fingerprint density at radius 1 is 1.13 bits per heavy atom. The molecule has 2 aromatic carbocycles. The zero-order valence-corrected chi connectivity index (χ0v) is 13.4. The molecular weight excluding hydrogens is 319 g/mol. The summed E-state index contributed by atoms with van der Waals surface area (Å²) in [5.74, 6) is -0.873. The van der Waals surface area contributed by atoms with E-state index in [1.807, 2.05) is 6.92 Å². The number of carbonyl (C=O) groups is 1. The van der Waals surface area contributed by atoms with E-state index in [1.165, 1.54) is 48.5 Å². The van der Waals surface area contributed by atoms with Gasteiger partial charge < -0.3 is 5.32 Å². The number of nitrogens with one attached hydrogen (secondary N) is 2. The van der Waals surface area contributed by atoms with Crippen molar-refractivity contribution in [2.24, 2.45) is 0 Å². The van der Waals surface area contributed by atoms with Crippen molar-refractivity contribution in [3.8, 4) is 0 Å². The SMILES string of the molecule is CCCNS(=O)(=O)c1cccc(C(=O)Nc2ccc(F)cc2)c1. The molecule has 0 radical (unpaired) electrons. The number of amides is 1. The Bertz CT molecular complexity index is 789. The fourth-order valence-corrected chi connectivity index (χ4v) is 3.04. The second-order valence-electron chi connectivity index (χ2n) is 4.89. The van der Waals surface area contributed by atoms with Crippen molar-refractivity contribution >= 4 is 21.6 Å². The lowest BCUT2D eigenvalue weighted by atomic mass is 10.2. The third kappa shape index (κ3) is 4.61. The first-order chi connectivity index (χ1) is 10.9. The molecule has 0 heterocycles. The van der Waals surface area contributed by atoms with Crippen molar-refractivity contribution < 1.29 is 17.6 Å². The first-order valence-corrected chi connectivity index (χ1v) is 8.57. The van der Waals surface area contributed by atoms with Crippen molar-refractivity contribution in [3.05, 3.63) is 59.9 Å². The molecule has 0 atom stereocenters. The first kappa shape index (κ1) is 17.1. The largest absolute Gasteiger partial charge is 0.322 e. The Kier molecular flexibility index (Phi) is 5.46. The van der Waals surface area contributed by atoms with E-state index < -0.39 is 21.7 Å². The molecule has 0 unspecified atom stereocenters. The predicted octanol–water partition coefficient (Wildman–Crippen LogP) is 2.77. The second kappa shape index (κ2) is 7.34. The Morgan fingerprint density at radius 2 is 1.83 bits per heavy atom. The summed E-state index contributed by atoms with van der Waals surface area (Å²) < 4.78 is 39.4. The maximum absolute atomic E-state index is 12.8. The zero-order valence-electron chi connectivity index (χ0n) is 12.5. The molecule has 2 aromatic rings. The number of sulfonamides is 1. The smallest absolute Gasteiger partial charge is 0.255 e. The Balaban J connectivity index is 2.18. The van der Waals surface area contributed by atoms with Crippen LogP contribution in [0.15, 0.2) is 53.4 Å². The van der Waals surface area contributed by atoms with Crippen molar-refractivity contribution in [1.29, 1.82) is 0 Å². The number of rotatable bonds is 6. The van der Waals surface area contributed by atoms with Gasteiger partial charge in [0.15, 0.2) is 0 Å². The van der Waals surface area contributed by atoms with Gasteiger partial charge in [-0.25, -0.2) is 17.5 Å². The van der Waals surface area contributed by atoms with Crippen molar-refractivity contribution in [2.45, 2.75) is 18.2 Å². The summed E-state index contributed by atoms with van der Waals surface area (Å²) in [4.78, 5) is 12.2. The molecule has 23 heavy (non-hydrogen) atoms. The number of hydrogen-bond donors (Lipinski definition) is 2. The number of hydrogen-bond acceptors (Lipinski definition) is 3. The quantitative estimate of drug-likeness (QED) is 0.852. The number of halogens is 1. The normalized spacial score (nSPS) is 11.2. The minimum Gasteiger partial charge on any atom is -0.322 e. The van der Waals surface area contributed by atoms with Crippen LogP contribution in [0.5, 0.6) is 0 Å². The zero-order chi connectivity index (χ0) is 16.9. The van der Waals surface area contributed by atoms with E-state index in [-0.39, 0.29) is 10.5 Å². The molecule has 0 aliphatic heterocycles. The molecule has 2 N–H and O–H groups in total. The molecule has 0 aliphatic carbocycles. The number of anilines is 1. The molecule has 0 spiro atoms. The Labute approximate surface area is 134 Å². The van der Waals surface area contributed by atoms with E-state index >= 15 is 0 Å². The van der Waals surface area contributed by atoms with Crippen LogP contribution in [0.25, 0.3) is 0 Å². The van der Waals surface area contributed by atoms with Crippen LogP contribution >= 0.6 is 0 Å². The molecule has 0 saturated carbocycles. The monoisotopic (exact) mass is 336 g/mol. The van der Waals surface area contributed by atoms with Gasteiger partial charge in [-0.05, 0) is 48.9 Å². The van der Waals surface area contributed by atoms with Gasteiger partial charge in [-0.1, -0.05) is 13.0 Å². The van der Waals surface area contributed by atoms with Crippen molar-refractivity contribution in [1.82, 2.24) is 4.72 Å². The maximum atomic E-state index is 12.8. The molecule has 0 fully saturated rings. The lowest BCUT2D eigenvalue weighted by Gasteiger charge is -2.08. The highest BCUT2D eigenvalue weighted by Crippen LogP contribution is 2.14. The average molecular weight is 336 g/mol. The van der Waals surface area contributed by atoms with Gasteiger partial charge in [-0.3, -0.25) is 4.79 Å².